The number of aryl methyl sites for hydroxylation is 1. The number of pyridine rings is 2. The normalized spacial score (nSPS) is 11.2. The van der Waals surface area contributed by atoms with Gasteiger partial charge in [-0.15, -0.1) is 0 Å². The zero-order chi connectivity index (χ0) is 15.6. The molecule has 0 aromatic carbocycles. The minimum absolute atomic E-state index is 0.175. The number of nitrogens with one attached hydrogen (secondary N) is 1. The van der Waals surface area contributed by atoms with Crippen LogP contribution >= 0.6 is 0 Å². The van der Waals surface area contributed by atoms with E-state index in [9.17, 15) is 4.79 Å². The van der Waals surface area contributed by atoms with Crippen molar-refractivity contribution in [2.45, 2.75) is 33.1 Å². The van der Waals surface area contributed by atoms with Crippen LogP contribution in [0.4, 0.5) is 11.6 Å². The van der Waals surface area contributed by atoms with E-state index >= 15 is 0 Å². The van der Waals surface area contributed by atoms with Gasteiger partial charge in [0.15, 0.2) is 0 Å². The number of hydrogen-bond donors (Lipinski definition) is 2. The molecular formula is C16H20N4O. The Bertz CT molecular complexity index is 674. The van der Waals surface area contributed by atoms with E-state index in [1.54, 1.807) is 18.2 Å². The Morgan fingerprint density at radius 1 is 1.19 bits per heavy atom. The fourth-order valence-electron chi connectivity index (χ4n) is 1.87. The summed E-state index contributed by atoms with van der Waals surface area (Å²) in [6, 6.07) is 8.80. The van der Waals surface area contributed by atoms with Crippen LogP contribution in [0.2, 0.25) is 0 Å². The van der Waals surface area contributed by atoms with Gasteiger partial charge in [-0.25, -0.2) is 9.97 Å². The van der Waals surface area contributed by atoms with Crippen LogP contribution in [0.5, 0.6) is 0 Å². The van der Waals surface area contributed by atoms with Gasteiger partial charge in [-0.1, -0.05) is 26.8 Å². The molecule has 5 heteroatoms. The third-order valence-corrected chi connectivity index (χ3v) is 3.01. The summed E-state index contributed by atoms with van der Waals surface area (Å²) in [7, 11) is 0. The lowest BCUT2D eigenvalue weighted by Crippen LogP contribution is -2.19. The average molecular weight is 284 g/mol. The van der Waals surface area contributed by atoms with E-state index in [0.29, 0.717) is 17.2 Å². The number of amides is 1. The number of rotatable bonds is 2. The molecule has 0 aliphatic heterocycles. The summed E-state index contributed by atoms with van der Waals surface area (Å²) in [6.07, 6.45) is 0. The Balaban J connectivity index is 2.29. The van der Waals surface area contributed by atoms with Gasteiger partial charge in [0.05, 0.1) is 0 Å². The van der Waals surface area contributed by atoms with Crippen LogP contribution in [-0.4, -0.2) is 15.9 Å². The second-order valence-corrected chi connectivity index (χ2v) is 6.03. The van der Waals surface area contributed by atoms with Gasteiger partial charge in [-0.05, 0) is 31.2 Å². The van der Waals surface area contributed by atoms with Crippen LogP contribution in [0.3, 0.4) is 0 Å². The van der Waals surface area contributed by atoms with Crippen LogP contribution in [0.15, 0.2) is 30.3 Å². The summed E-state index contributed by atoms with van der Waals surface area (Å²) >= 11 is 0. The van der Waals surface area contributed by atoms with Crippen LogP contribution < -0.4 is 11.1 Å². The second kappa shape index (κ2) is 5.52. The Hall–Kier alpha value is -2.43. The number of nitrogens with two attached hydrogens (primary N) is 1. The number of nitrogen functional groups attached to an aromatic ring is 1. The molecule has 110 valence electrons. The van der Waals surface area contributed by atoms with Crippen molar-refractivity contribution in [1.82, 2.24) is 9.97 Å². The van der Waals surface area contributed by atoms with Gasteiger partial charge >= 0.3 is 0 Å². The van der Waals surface area contributed by atoms with Crippen molar-refractivity contribution in [3.05, 3.63) is 47.3 Å². The van der Waals surface area contributed by atoms with Crippen molar-refractivity contribution in [3.63, 3.8) is 0 Å². The van der Waals surface area contributed by atoms with E-state index in [-0.39, 0.29) is 11.3 Å². The number of anilines is 2. The smallest absolute Gasteiger partial charge is 0.257 e. The molecule has 0 radical (unpaired) electrons. The van der Waals surface area contributed by atoms with Gasteiger partial charge in [0.2, 0.25) is 0 Å². The third kappa shape index (κ3) is 3.78. The highest BCUT2D eigenvalue weighted by atomic mass is 16.1. The number of hydrogen-bond acceptors (Lipinski definition) is 4. The minimum Gasteiger partial charge on any atom is -0.384 e. The van der Waals surface area contributed by atoms with Gasteiger partial charge in [-0.3, -0.25) is 4.79 Å². The fourth-order valence-corrected chi connectivity index (χ4v) is 1.87. The summed E-state index contributed by atoms with van der Waals surface area (Å²) in [5, 5.41) is 2.77. The van der Waals surface area contributed by atoms with Crippen molar-refractivity contribution >= 4 is 17.5 Å². The summed E-state index contributed by atoms with van der Waals surface area (Å²) in [5.41, 5.74) is 7.74. The Morgan fingerprint density at radius 3 is 2.52 bits per heavy atom. The average Bonchev–Trinajstić information content (AvgIpc) is 2.37. The molecule has 2 aromatic rings. The van der Waals surface area contributed by atoms with Crippen LogP contribution in [0, 0.1) is 6.92 Å². The zero-order valence-electron chi connectivity index (χ0n) is 12.8. The molecule has 1 amide bonds. The quantitative estimate of drug-likeness (QED) is 0.888. The maximum atomic E-state index is 12.3. The third-order valence-electron chi connectivity index (χ3n) is 3.01. The number of aromatic nitrogens is 2. The lowest BCUT2D eigenvalue weighted by atomic mass is 9.90. The van der Waals surface area contributed by atoms with Crippen molar-refractivity contribution in [2.75, 3.05) is 11.1 Å². The Labute approximate surface area is 124 Å². The zero-order valence-corrected chi connectivity index (χ0v) is 12.8. The molecule has 0 saturated heterocycles. The van der Waals surface area contributed by atoms with Crippen LogP contribution in [0.25, 0.3) is 0 Å². The first-order valence-electron chi connectivity index (χ1n) is 6.79. The molecule has 0 atom stereocenters. The molecule has 5 nitrogen and oxygen atoms in total. The molecule has 0 fully saturated rings. The first kappa shape index (κ1) is 15.0. The molecule has 2 aromatic heterocycles. The van der Waals surface area contributed by atoms with Gasteiger partial charge in [0, 0.05) is 22.4 Å². The molecule has 0 saturated carbocycles. The molecular weight excluding hydrogens is 264 g/mol. The SMILES string of the molecule is Cc1cccc(NC(=O)c2cc(N)nc(C(C)(C)C)c2)n1. The van der Waals surface area contributed by atoms with E-state index in [0.717, 1.165) is 11.4 Å². The molecule has 0 bridgehead atoms. The summed E-state index contributed by atoms with van der Waals surface area (Å²) in [5.74, 6) is 0.616. The maximum Gasteiger partial charge on any atom is 0.257 e. The number of nitrogens with zero attached hydrogens (tertiary/aromatic N) is 2. The first-order valence-corrected chi connectivity index (χ1v) is 6.79. The van der Waals surface area contributed by atoms with Crippen molar-refractivity contribution in [3.8, 4) is 0 Å². The molecule has 0 spiro atoms. The van der Waals surface area contributed by atoms with Gasteiger partial charge in [0.25, 0.3) is 5.91 Å². The lowest BCUT2D eigenvalue weighted by molar-refractivity contribution is 0.102. The van der Waals surface area contributed by atoms with E-state index in [1.807, 2.05) is 39.8 Å². The van der Waals surface area contributed by atoms with E-state index in [4.69, 9.17) is 5.73 Å². The van der Waals surface area contributed by atoms with Gasteiger partial charge in [0.1, 0.15) is 11.6 Å². The largest absolute Gasteiger partial charge is 0.384 e. The van der Waals surface area contributed by atoms with Gasteiger partial charge < -0.3 is 11.1 Å². The molecule has 0 aliphatic carbocycles. The minimum atomic E-state index is -0.243. The summed E-state index contributed by atoms with van der Waals surface area (Å²) in [6.45, 7) is 7.95. The van der Waals surface area contributed by atoms with E-state index in [2.05, 4.69) is 15.3 Å². The molecule has 0 aliphatic rings. The topological polar surface area (TPSA) is 80.9 Å². The van der Waals surface area contributed by atoms with E-state index in [1.165, 1.54) is 0 Å². The van der Waals surface area contributed by atoms with Crippen LogP contribution in [0.1, 0.15) is 42.5 Å². The Kier molecular flexibility index (Phi) is 3.93. The molecule has 2 rings (SSSR count). The molecule has 21 heavy (non-hydrogen) atoms. The molecule has 3 N–H and O–H groups in total. The second-order valence-electron chi connectivity index (χ2n) is 6.03. The van der Waals surface area contributed by atoms with Gasteiger partial charge in [-0.2, -0.15) is 0 Å². The first-order chi connectivity index (χ1) is 9.75. The fraction of sp³-hybridized carbons (Fsp3) is 0.312. The van der Waals surface area contributed by atoms with Crippen LogP contribution in [-0.2, 0) is 5.41 Å². The standard InChI is InChI=1S/C16H20N4O/c1-10-6-5-7-14(18-10)20-15(21)11-8-12(16(2,3)4)19-13(17)9-11/h5-9H,1-4H3,(H2,17,19)(H,18,20,21). The predicted octanol–water partition coefficient (Wildman–Crippen LogP) is 2.92. The number of carbonyl (C=O) groups is 1. The number of carbonyl (C=O) groups excluding carboxylic acids is 1. The molecule has 0 unspecified atom stereocenters. The summed E-state index contributed by atoms with van der Waals surface area (Å²) in [4.78, 5) is 20.9. The highest BCUT2D eigenvalue weighted by molar-refractivity contribution is 6.04. The monoisotopic (exact) mass is 284 g/mol. The van der Waals surface area contributed by atoms with E-state index < -0.39 is 0 Å². The maximum absolute atomic E-state index is 12.3. The Morgan fingerprint density at radius 2 is 1.90 bits per heavy atom. The summed E-state index contributed by atoms with van der Waals surface area (Å²) < 4.78 is 0. The predicted molar refractivity (Wildman–Crippen MR) is 84.3 cm³/mol. The van der Waals surface area contributed by atoms with Crippen molar-refractivity contribution in [2.24, 2.45) is 0 Å². The highest BCUT2D eigenvalue weighted by Crippen LogP contribution is 2.22. The lowest BCUT2D eigenvalue weighted by Gasteiger charge is -2.19. The van der Waals surface area contributed by atoms with Crippen molar-refractivity contribution < 1.29 is 4.79 Å². The molecule has 2 heterocycles. The van der Waals surface area contributed by atoms with Crippen molar-refractivity contribution in [1.29, 1.82) is 0 Å². The highest BCUT2D eigenvalue weighted by Gasteiger charge is 2.19.